The molecule has 2 aromatic carbocycles. The Morgan fingerprint density at radius 1 is 1.09 bits per heavy atom. The molecule has 3 amide bonds. The summed E-state index contributed by atoms with van der Waals surface area (Å²) < 4.78 is 2.18. The number of carbonyl (C=O) groups excluding carboxylic acids is 3. The van der Waals surface area contributed by atoms with E-state index in [0.717, 1.165) is 47.8 Å². The number of anilines is 2. The van der Waals surface area contributed by atoms with Gasteiger partial charge in [0.15, 0.2) is 0 Å². The number of fused-ring (bicyclic) bond motifs is 2. The molecule has 3 N–H and O–H groups in total. The zero-order chi connectivity index (χ0) is 24.1. The van der Waals surface area contributed by atoms with Crippen LogP contribution in [0.25, 0.3) is 11.3 Å². The predicted octanol–water partition coefficient (Wildman–Crippen LogP) is 2.30. The average molecular weight is 471 g/mol. The van der Waals surface area contributed by atoms with Gasteiger partial charge in [-0.1, -0.05) is 24.3 Å². The number of carbonyl (C=O) groups is 3. The lowest BCUT2D eigenvalue weighted by atomic mass is 10.0. The van der Waals surface area contributed by atoms with Crippen LogP contribution >= 0.6 is 0 Å². The fourth-order valence-electron chi connectivity index (χ4n) is 5.29. The molecule has 1 atom stereocenters. The standard InChI is InChI=1S/C26H26N6O3/c27-19-4-1-3-17(12-19)21-15-31-10-2-9-30(26(31)28-21)13-16-5-6-20-18(11-16)14-32(25(20)35)22-7-8-23(33)29-24(22)34/h1,3-6,11-12,15,22H,2,7-10,13-14,27H2,(H,29,33,34). The molecule has 35 heavy (non-hydrogen) atoms. The van der Waals surface area contributed by atoms with Crippen molar-refractivity contribution in [2.45, 2.75) is 44.9 Å². The van der Waals surface area contributed by atoms with Gasteiger partial charge in [-0.15, -0.1) is 0 Å². The van der Waals surface area contributed by atoms with Crippen LogP contribution in [0.15, 0.2) is 48.7 Å². The van der Waals surface area contributed by atoms with E-state index in [9.17, 15) is 14.4 Å². The largest absolute Gasteiger partial charge is 0.399 e. The zero-order valence-corrected chi connectivity index (χ0v) is 19.2. The van der Waals surface area contributed by atoms with Crippen molar-refractivity contribution in [2.75, 3.05) is 17.2 Å². The van der Waals surface area contributed by atoms with Gasteiger partial charge in [0.05, 0.1) is 5.69 Å². The number of hydrogen-bond donors (Lipinski definition) is 2. The minimum absolute atomic E-state index is 0.152. The molecule has 178 valence electrons. The second-order valence-corrected chi connectivity index (χ2v) is 9.41. The van der Waals surface area contributed by atoms with Gasteiger partial charge >= 0.3 is 0 Å². The van der Waals surface area contributed by atoms with Crippen LogP contribution in [0.1, 0.15) is 40.7 Å². The lowest BCUT2D eigenvalue weighted by Gasteiger charge is -2.29. The van der Waals surface area contributed by atoms with Crippen LogP contribution < -0.4 is 16.0 Å². The van der Waals surface area contributed by atoms with Crippen molar-refractivity contribution in [3.8, 4) is 11.3 Å². The highest BCUT2D eigenvalue weighted by molar-refractivity contribution is 6.05. The first-order chi connectivity index (χ1) is 17.0. The molecular formula is C26H26N6O3. The SMILES string of the molecule is Nc1cccc(-c2cn3c(n2)N(Cc2ccc4c(c2)CN(C2CCC(=O)NC2=O)C4=O)CCC3)c1. The summed E-state index contributed by atoms with van der Waals surface area (Å²) in [5.41, 5.74) is 11.2. The maximum absolute atomic E-state index is 13.0. The summed E-state index contributed by atoms with van der Waals surface area (Å²) in [6.45, 7) is 2.86. The summed E-state index contributed by atoms with van der Waals surface area (Å²) in [7, 11) is 0. The number of imidazole rings is 1. The number of imide groups is 1. The van der Waals surface area contributed by atoms with Gasteiger partial charge < -0.3 is 20.1 Å². The molecule has 9 nitrogen and oxygen atoms in total. The van der Waals surface area contributed by atoms with Gasteiger partial charge in [-0.25, -0.2) is 4.98 Å². The Labute approximate surface area is 202 Å². The van der Waals surface area contributed by atoms with Crippen molar-refractivity contribution in [3.05, 3.63) is 65.4 Å². The predicted molar refractivity (Wildman–Crippen MR) is 130 cm³/mol. The number of amides is 3. The molecule has 3 aromatic rings. The van der Waals surface area contributed by atoms with Crippen molar-refractivity contribution in [3.63, 3.8) is 0 Å². The molecular weight excluding hydrogens is 444 g/mol. The smallest absolute Gasteiger partial charge is 0.255 e. The minimum Gasteiger partial charge on any atom is -0.399 e. The second-order valence-electron chi connectivity index (χ2n) is 9.41. The summed E-state index contributed by atoms with van der Waals surface area (Å²) in [4.78, 5) is 45.5. The first kappa shape index (κ1) is 21.4. The molecule has 9 heteroatoms. The molecule has 4 heterocycles. The normalized spacial score (nSPS) is 19.5. The molecule has 0 radical (unpaired) electrons. The van der Waals surface area contributed by atoms with Crippen LogP contribution in [0.5, 0.6) is 0 Å². The van der Waals surface area contributed by atoms with Crippen molar-refractivity contribution < 1.29 is 14.4 Å². The molecule has 1 saturated heterocycles. The Balaban J connectivity index is 1.22. The number of nitrogens with two attached hydrogens (primary N) is 1. The average Bonchev–Trinajstić information content (AvgIpc) is 3.41. The molecule has 3 aliphatic heterocycles. The first-order valence-corrected chi connectivity index (χ1v) is 11.9. The Morgan fingerprint density at radius 2 is 1.97 bits per heavy atom. The van der Waals surface area contributed by atoms with Crippen LogP contribution in [-0.4, -0.2) is 44.8 Å². The van der Waals surface area contributed by atoms with E-state index in [2.05, 4.69) is 27.0 Å². The van der Waals surface area contributed by atoms with E-state index in [1.54, 1.807) is 4.90 Å². The monoisotopic (exact) mass is 470 g/mol. The number of piperidine rings is 1. The Hall–Kier alpha value is -4.14. The lowest BCUT2D eigenvalue weighted by molar-refractivity contribution is -0.136. The highest BCUT2D eigenvalue weighted by Crippen LogP contribution is 2.31. The maximum atomic E-state index is 13.0. The van der Waals surface area contributed by atoms with Gasteiger partial charge in [0.1, 0.15) is 6.04 Å². The highest BCUT2D eigenvalue weighted by Gasteiger charge is 2.39. The summed E-state index contributed by atoms with van der Waals surface area (Å²) in [5.74, 6) is 0.104. The number of benzene rings is 2. The molecule has 0 aliphatic carbocycles. The van der Waals surface area contributed by atoms with Crippen molar-refractivity contribution >= 4 is 29.4 Å². The van der Waals surface area contributed by atoms with Crippen LogP contribution in [0, 0.1) is 0 Å². The molecule has 0 spiro atoms. The van der Waals surface area contributed by atoms with Gasteiger partial charge in [-0.3, -0.25) is 19.7 Å². The van der Waals surface area contributed by atoms with Crippen LogP contribution in [0.2, 0.25) is 0 Å². The van der Waals surface area contributed by atoms with Crippen molar-refractivity contribution in [1.82, 2.24) is 19.8 Å². The van der Waals surface area contributed by atoms with Crippen molar-refractivity contribution in [1.29, 1.82) is 0 Å². The number of nitrogen functional groups attached to an aromatic ring is 1. The van der Waals surface area contributed by atoms with Gasteiger partial charge in [-0.05, 0) is 42.2 Å². The van der Waals surface area contributed by atoms with E-state index < -0.39 is 11.9 Å². The second kappa shape index (κ2) is 8.26. The van der Waals surface area contributed by atoms with E-state index in [-0.39, 0.29) is 18.2 Å². The molecule has 0 saturated carbocycles. The molecule has 1 fully saturated rings. The number of aromatic nitrogens is 2. The molecule has 1 unspecified atom stereocenters. The number of nitrogens with zero attached hydrogens (tertiary/aromatic N) is 4. The lowest BCUT2D eigenvalue weighted by Crippen LogP contribution is -2.52. The van der Waals surface area contributed by atoms with Gasteiger partial charge in [0.2, 0.25) is 17.8 Å². The molecule has 3 aliphatic rings. The third-order valence-corrected chi connectivity index (χ3v) is 7.01. The third kappa shape index (κ3) is 3.82. The van der Waals surface area contributed by atoms with Gasteiger partial charge in [-0.2, -0.15) is 0 Å². The fourth-order valence-corrected chi connectivity index (χ4v) is 5.29. The van der Waals surface area contributed by atoms with Crippen molar-refractivity contribution in [2.24, 2.45) is 0 Å². The molecule has 1 aromatic heterocycles. The Kier molecular flexibility index (Phi) is 5.05. The third-order valence-electron chi connectivity index (χ3n) is 7.01. The number of nitrogens with one attached hydrogen (secondary N) is 1. The quantitative estimate of drug-likeness (QED) is 0.447. The first-order valence-electron chi connectivity index (χ1n) is 11.9. The topological polar surface area (TPSA) is 114 Å². The number of rotatable bonds is 4. The molecule has 0 bridgehead atoms. The van der Waals surface area contributed by atoms with E-state index in [1.807, 2.05) is 36.4 Å². The van der Waals surface area contributed by atoms with E-state index in [1.165, 1.54) is 0 Å². The van der Waals surface area contributed by atoms with Crippen LogP contribution in [0.4, 0.5) is 11.6 Å². The van der Waals surface area contributed by atoms with Gasteiger partial charge in [0.25, 0.3) is 5.91 Å². The summed E-state index contributed by atoms with van der Waals surface area (Å²) in [6.07, 6.45) is 3.71. The Bertz CT molecular complexity index is 1360. The summed E-state index contributed by atoms with van der Waals surface area (Å²) in [6, 6.07) is 13.0. The fraction of sp³-hybridized carbons (Fsp3) is 0.308. The van der Waals surface area contributed by atoms with E-state index in [0.29, 0.717) is 30.8 Å². The number of hydrogen-bond acceptors (Lipinski definition) is 6. The van der Waals surface area contributed by atoms with Crippen LogP contribution in [0.3, 0.4) is 0 Å². The number of aryl methyl sites for hydroxylation is 1. The summed E-state index contributed by atoms with van der Waals surface area (Å²) in [5, 5.41) is 2.35. The highest BCUT2D eigenvalue weighted by atomic mass is 16.2. The minimum atomic E-state index is -0.601. The zero-order valence-electron chi connectivity index (χ0n) is 19.2. The van der Waals surface area contributed by atoms with Crippen LogP contribution in [-0.2, 0) is 29.2 Å². The molecule has 6 rings (SSSR count). The van der Waals surface area contributed by atoms with E-state index in [4.69, 9.17) is 10.7 Å². The maximum Gasteiger partial charge on any atom is 0.255 e. The summed E-state index contributed by atoms with van der Waals surface area (Å²) >= 11 is 0. The Morgan fingerprint density at radius 3 is 2.80 bits per heavy atom. The van der Waals surface area contributed by atoms with E-state index >= 15 is 0 Å². The van der Waals surface area contributed by atoms with Gasteiger partial charge in [0, 0.05) is 55.6 Å².